The summed E-state index contributed by atoms with van der Waals surface area (Å²) in [4.78, 5) is 0. The van der Waals surface area contributed by atoms with Crippen molar-refractivity contribution < 1.29 is 4.74 Å². The Kier molecular flexibility index (Phi) is 2.90. The second-order valence-corrected chi connectivity index (χ2v) is 5.05. The van der Waals surface area contributed by atoms with Crippen molar-refractivity contribution in [2.45, 2.75) is 52.9 Å². The van der Waals surface area contributed by atoms with E-state index in [4.69, 9.17) is 4.74 Å². The molecule has 1 heteroatoms. The van der Waals surface area contributed by atoms with Crippen molar-refractivity contribution in [2.24, 2.45) is 5.41 Å². The molecule has 1 atom stereocenters. The molecule has 0 radical (unpaired) electrons. The summed E-state index contributed by atoms with van der Waals surface area (Å²) in [5.41, 5.74) is 3.44. The monoisotopic (exact) mass is 206 g/mol. The highest BCUT2D eigenvalue weighted by Gasteiger charge is 2.36. The molecular formula is C14H22O. The van der Waals surface area contributed by atoms with Crippen LogP contribution in [-0.4, -0.2) is 6.61 Å². The van der Waals surface area contributed by atoms with Crippen molar-refractivity contribution in [3.8, 4) is 0 Å². The van der Waals surface area contributed by atoms with Gasteiger partial charge in [0.15, 0.2) is 0 Å². The van der Waals surface area contributed by atoms with E-state index in [9.17, 15) is 0 Å². The molecule has 0 aliphatic heterocycles. The van der Waals surface area contributed by atoms with Crippen LogP contribution in [0.5, 0.6) is 0 Å². The van der Waals surface area contributed by atoms with Gasteiger partial charge in [0.25, 0.3) is 0 Å². The Balaban J connectivity index is 2.33. The van der Waals surface area contributed by atoms with Crippen LogP contribution in [0.4, 0.5) is 0 Å². The fraction of sp³-hybridized carbons (Fsp3) is 0.714. The first-order valence-corrected chi connectivity index (χ1v) is 6.21. The molecule has 0 aromatic carbocycles. The molecule has 2 aliphatic carbocycles. The lowest BCUT2D eigenvalue weighted by Gasteiger charge is -2.40. The Bertz CT molecular complexity index is 311. The fourth-order valence-electron chi connectivity index (χ4n) is 3.07. The molecule has 1 nitrogen and oxygen atoms in total. The highest BCUT2D eigenvalue weighted by Crippen LogP contribution is 2.49. The summed E-state index contributed by atoms with van der Waals surface area (Å²) >= 11 is 0. The zero-order valence-electron chi connectivity index (χ0n) is 10.2. The quantitative estimate of drug-likeness (QED) is 0.657. The summed E-state index contributed by atoms with van der Waals surface area (Å²) in [5, 5.41) is 0. The van der Waals surface area contributed by atoms with Crippen LogP contribution in [-0.2, 0) is 4.74 Å². The Morgan fingerprint density at radius 3 is 2.93 bits per heavy atom. The zero-order chi connectivity index (χ0) is 10.9. The summed E-state index contributed by atoms with van der Waals surface area (Å²) in [6.45, 7) is 7.53. The number of rotatable bonds is 2. The maximum atomic E-state index is 5.73. The molecule has 0 spiro atoms. The van der Waals surface area contributed by atoms with Crippen molar-refractivity contribution in [2.75, 3.05) is 6.61 Å². The maximum absolute atomic E-state index is 5.73. The lowest BCUT2D eigenvalue weighted by molar-refractivity contribution is 0.185. The van der Waals surface area contributed by atoms with Crippen LogP contribution in [0.1, 0.15) is 52.9 Å². The van der Waals surface area contributed by atoms with Crippen molar-refractivity contribution in [1.82, 2.24) is 0 Å². The van der Waals surface area contributed by atoms with Gasteiger partial charge in [-0.05, 0) is 56.1 Å². The average Bonchev–Trinajstić information content (AvgIpc) is 2.23. The van der Waals surface area contributed by atoms with Gasteiger partial charge < -0.3 is 4.74 Å². The SMILES string of the molecule is CCOC1=C(C)C2=CCCCC2(C)CC1. The molecule has 0 amide bonds. The van der Waals surface area contributed by atoms with E-state index in [2.05, 4.69) is 26.8 Å². The van der Waals surface area contributed by atoms with E-state index >= 15 is 0 Å². The molecule has 84 valence electrons. The average molecular weight is 206 g/mol. The Hall–Kier alpha value is -0.720. The van der Waals surface area contributed by atoms with Crippen LogP contribution in [0.3, 0.4) is 0 Å². The van der Waals surface area contributed by atoms with E-state index in [0.717, 1.165) is 13.0 Å². The van der Waals surface area contributed by atoms with Gasteiger partial charge in [0.1, 0.15) is 0 Å². The van der Waals surface area contributed by atoms with E-state index in [0.29, 0.717) is 5.41 Å². The molecule has 0 fully saturated rings. The Labute approximate surface area is 93.2 Å². The van der Waals surface area contributed by atoms with Gasteiger partial charge in [0, 0.05) is 6.42 Å². The molecule has 15 heavy (non-hydrogen) atoms. The smallest absolute Gasteiger partial charge is 0.0991 e. The lowest BCUT2D eigenvalue weighted by atomic mass is 9.66. The molecular weight excluding hydrogens is 184 g/mol. The third-order valence-corrected chi connectivity index (χ3v) is 3.98. The summed E-state index contributed by atoms with van der Waals surface area (Å²) in [6.07, 6.45) is 8.81. The molecule has 1 unspecified atom stereocenters. The predicted octanol–water partition coefficient (Wildman–Crippen LogP) is 4.21. The summed E-state index contributed by atoms with van der Waals surface area (Å²) in [7, 11) is 0. The second-order valence-electron chi connectivity index (χ2n) is 5.05. The van der Waals surface area contributed by atoms with Gasteiger partial charge in [-0.3, -0.25) is 0 Å². The van der Waals surface area contributed by atoms with Crippen molar-refractivity contribution >= 4 is 0 Å². The first-order chi connectivity index (χ1) is 7.17. The molecule has 0 bridgehead atoms. The van der Waals surface area contributed by atoms with Gasteiger partial charge in [-0.2, -0.15) is 0 Å². The largest absolute Gasteiger partial charge is 0.498 e. The van der Waals surface area contributed by atoms with Gasteiger partial charge in [0.2, 0.25) is 0 Å². The zero-order valence-corrected chi connectivity index (χ0v) is 10.2. The first-order valence-electron chi connectivity index (χ1n) is 6.21. The molecule has 0 aromatic heterocycles. The van der Waals surface area contributed by atoms with Crippen molar-refractivity contribution in [1.29, 1.82) is 0 Å². The third-order valence-electron chi connectivity index (χ3n) is 3.98. The minimum absolute atomic E-state index is 0.447. The highest BCUT2D eigenvalue weighted by molar-refractivity contribution is 5.40. The molecule has 0 aromatic rings. The summed E-state index contributed by atoms with van der Waals surface area (Å²) in [6, 6.07) is 0. The predicted molar refractivity (Wildman–Crippen MR) is 63.6 cm³/mol. The molecule has 0 N–H and O–H groups in total. The first kappa shape index (κ1) is 10.8. The van der Waals surface area contributed by atoms with Crippen LogP contribution in [0, 0.1) is 5.41 Å². The number of hydrogen-bond donors (Lipinski definition) is 0. The highest BCUT2D eigenvalue weighted by atomic mass is 16.5. The second kappa shape index (κ2) is 4.03. The maximum Gasteiger partial charge on any atom is 0.0991 e. The van der Waals surface area contributed by atoms with Crippen LogP contribution in [0.2, 0.25) is 0 Å². The van der Waals surface area contributed by atoms with E-state index < -0.39 is 0 Å². The molecule has 2 aliphatic rings. The van der Waals surface area contributed by atoms with Gasteiger partial charge in [-0.25, -0.2) is 0 Å². The molecule has 0 saturated heterocycles. The number of fused-ring (bicyclic) bond motifs is 1. The summed E-state index contributed by atoms with van der Waals surface area (Å²) in [5.74, 6) is 1.24. The van der Waals surface area contributed by atoms with Gasteiger partial charge in [-0.15, -0.1) is 0 Å². The topological polar surface area (TPSA) is 9.23 Å². The minimum Gasteiger partial charge on any atom is -0.498 e. The van der Waals surface area contributed by atoms with Crippen LogP contribution < -0.4 is 0 Å². The van der Waals surface area contributed by atoms with Crippen LogP contribution in [0.25, 0.3) is 0 Å². The fourth-order valence-corrected chi connectivity index (χ4v) is 3.07. The van der Waals surface area contributed by atoms with E-state index in [1.807, 2.05) is 0 Å². The Morgan fingerprint density at radius 2 is 2.20 bits per heavy atom. The summed E-state index contributed by atoms with van der Waals surface area (Å²) < 4.78 is 5.73. The molecule has 2 rings (SSSR count). The third kappa shape index (κ3) is 1.84. The van der Waals surface area contributed by atoms with Crippen LogP contribution >= 0.6 is 0 Å². The van der Waals surface area contributed by atoms with E-state index in [1.54, 1.807) is 5.57 Å². The van der Waals surface area contributed by atoms with E-state index in [-0.39, 0.29) is 0 Å². The molecule has 0 saturated carbocycles. The standard InChI is InChI=1S/C14H22O/c1-4-15-13-8-10-14(3)9-6-5-7-12(14)11(13)2/h7H,4-6,8-10H2,1-3H3. The van der Waals surface area contributed by atoms with E-state index in [1.165, 1.54) is 37.0 Å². The molecule has 0 heterocycles. The van der Waals surface area contributed by atoms with Gasteiger partial charge >= 0.3 is 0 Å². The number of ether oxygens (including phenoxy) is 1. The minimum atomic E-state index is 0.447. The van der Waals surface area contributed by atoms with Gasteiger partial charge in [0.05, 0.1) is 12.4 Å². The van der Waals surface area contributed by atoms with Crippen molar-refractivity contribution in [3.05, 3.63) is 23.0 Å². The number of allylic oxidation sites excluding steroid dienone is 4. The van der Waals surface area contributed by atoms with Crippen molar-refractivity contribution in [3.63, 3.8) is 0 Å². The normalized spacial score (nSPS) is 31.0. The Morgan fingerprint density at radius 1 is 1.40 bits per heavy atom. The lowest BCUT2D eigenvalue weighted by Crippen LogP contribution is -2.27. The van der Waals surface area contributed by atoms with Gasteiger partial charge in [-0.1, -0.05) is 13.0 Å². The number of hydrogen-bond acceptors (Lipinski definition) is 1. The van der Waals surface area contributed by atoms with Crippen LogP contribution in [0.15, 0.2) is 23.0 Å².